The van der Waals surface area contributed by atoms with Crippen LogP contribution in [0.5, 0.6) is 0 Å². The van der Waals surface area contributed by atoms with Crippen molar-refractivity contribution in [3.05, 3.63) is 16.7 Å². The second-order valence-corrected chi connectivity index (χ2v) is 5.15. The van der Waals surface area contributed by atoms with Crippen molar-refractivity contribution in [1.29, 1.82) is 0 Å². The van der Waals surface area contributed by atoms with E-state index in [0.717, 1.165) is 24.4 Å². The summed E-state index contributed by atoms with van der Waals surface area (Å²) in [7, 11) is 0. The van der Waals surface area contributed by atoms with Crippen molar-refractivity contribution in [3.63, 3.8) is 0 Å². The summed E-state index contributed by atoms with van der Waals surface area (Å²) in [5.41, 5.74) is 1.31. The highest BCUT2D eigenvalue weighted by molar-refractivity contribution is 7.71. The third kappa shape index (κ3) is 3.96. The molecule has 0 atom stereocenters. The van der Waals surface area contributed by atoms with Crippen molar-refractivity contribution in [2.45, 2.75) is 46.6 Å². The highest BCUT2D eigenvalue weighted by atomic mass is 32.1. The molecule has 0 saturated heterocycles. The van der Waals surface area contributed by atoms with Crippen molar-refractivity contribution in [2.24, 2.45) is 0 Å². The Morgan fingerprint density at radius 2 is 2.06 bits per heavy atom. The lowest BCUT2D eigenvalue weighted by atomic mass is 10.1. The van der Waals surface area contributed by atoms with Gasteiger partial charge in [-0.05, 0) is 37.6 Å². The van der Waals surface area contributed by atoms with Crippen molar-refractivity contribution in [2.75, 3.05) is 19.6 Å². The molecule has 3 nitrogen and oxygen atoms in total. The summed E-state index contributed by atoms with van der Waals surface area (Å²) in [4.78, 5) is 5.62. The Balaban J connectivity index is 2.67. The number of hydrogen-bond acceptors (Lipinski definition) is 2. The molecule has 0 amide bonds. The van der Waals surface area contributed by atoms with E-state index >= 15 is 0 Å². The molecule has 1 rings (SSSR count). The van der Waals surface area contributed by atoms with Crippen molar-refractivity contribution >= 4 is 12.2 Å². The van der Waals surface area contributed by atoms with Crippen LogP contribution in [0.3, 0.4) is 0 Å². The second-order valence-electron chi connectivity index (χ2n) is 4.76. The van der Waals surface area contributed by atoms with Crippen molar-refractivity contribution in [3.8, 4) is 0 Å². The molecule has 1 N–H and O–H groups in total. The fourth-order valence-electron chi connectivity index (χ4n) is 2.10. The highest BCUT2D eigenvalue weighted by Gasteiger charge is 2.09. The zero-order valence-electron chi connectivity index (χ0n) is 11.5. The number of likely N-dealkylation sites (N-methyl/N-ethyl adjacent to an activating group) is 1. The van der Waals surface area contributed by atoms with E-state index in [1.54, 1.807) is 0 Å². The molecule has 98 valence electrons. The Kier molecular flexibility index (Phi) is 5.92. The molecule has 0 aliphatic carbocycles. The van der Waals surface area contributed by atoms with Gasteiger partial charge >= 0.3 is 0 Å². The van der Waals surface area contributed by atoms with Gasteiger partial charge in [-0.1, -0.05) is 27.7 Å². The van der Waals surface area contributed by atoms with Crippen LogP contribution in [-0.2, 0) is 6.54 Å². The highest BCUT2D eigenvalue weighted by Crippen LogP contribution is 2.14. The van der Waals surface area contributed by atoms with Gasteiger partial charge in [-0.25, -0.2) is 0 Å². The standard InChI is InChI=1S/C13H25N3S/c1-5-7-15(6-2)8-9-16-12(11(3)4)10-14-13(16)17/h10-11H,5-9H2,1-4H3,(H,14,17). The first kappa shape index (κ1) is 14.5. The number of aromatic amines is 1. The molecule has 0 aliphatic heterocycles. The summed E-state index contributed by atoms with van der Waals surface area (Å²) < 4.78 is 3.08. The Bertz CT molecular complexity index is 378. The molecule has 1 heterocycles. The number of nitrogens with zero attached hydrogens (tertiary/aromatic N) is 2. The Morgan fingerprint density at radius 3 is 2.59 bits per heavy atom. The smallest absolute Gasteiger partial charge is 0.177 e. The Hall–Kier alpha value is -0.610. The van der Waals surface area contributed by atoms with E-state index in [1.165, 1.54) is 18.7 Å². The third-order valence-electron chi connectivity index (χ3n) is 3.12. The molecular formula is C13H25N3S. The van der Waals surface area contributed by atoms with Crippen LogP contribution in [0.2, 0.25) is 0 Å². The van der Waals surface area contributed by atoms with E-state index in [0.29, 0.717) is 5.92 Å². The molecule has 17 heavy (non-hydrogen) atoms. The van der Waals surface area contributed by atoms with Crippen LogP contribution in [0.15, 0.2) is 6.20 Å². The summed E-state index contributed by atoms with van der Waals surface area (Å²) in [6, 6.07) is 0. The number of rotatable bonds is 7. The SMILES string of the molecule is CCCN(CC)CCn1c(C(C)C)c[nH]c1=S. The molecule has 4 heteroatoms. The van der Waals surface area contributed by atoms with Crippen LogP contribution in [0, 0.1) is 4.77 Å². The maximum atomic E-state index is 5.33. The minimum absolute atomic E-state index is 0.518. The van der Waals surface area contributed by atoms with Gasteiger partial charge in [-0.3, -0.25) is 0 Å². The molecule has 0 radical (unpaired) electrons. The lowest BCUT2D eigenvalue weighted by Crippen LogP contribution is -2.28. The van der Waals surface area contributed by atoms with Gasteiger partial charge in [-0.2, -0.15) is 0 Å². The van der Waals surface area contributed by atoms with Gasteiger partial charge in [0.2, 0.25) is 0 Å². The summed E-state index contributed by atoms with van der Waals surface area (Å²) in [6.07, 6.45) is 3.26. The number of aromatic nitrogens is 2. The quantitative estimate of drug-likeness (QED) is 0.755. The number of H-pyrrole nitrogens is 1. The molecular weight excluding hydrogens is 230 g/mol. The summed E-state index contributed by atoms with van der Waals surface area (Å²) in [6.45, 7) is 13.2. The van der Waals surface area contributed by atoms with Crippen LogP contribution in [-0.4, -0.2) is 34.1 Å². The van der Waals surface area contributed by atoms with E-state index in [4.69, 9.17) is 12.2 Å². The largest absolute Gasteiger partial charge is 0.337 e. The minimum Gasteiger partial charge on any atom is -0.337 e. The predicted molar refractivity (Wildman–Crippen MR) is 76.1 cm³/mol. The third-order valence-corrected chi connectivity index (χ3v) is 3.46. The maximum Gasteiger partial charge on any atom is 0.177 e. The molecule has 1 aromatic heterocycles. The molecule has 0 fully saturated rings. The minimum atomic E-state index is 0.518. The van der Waals surface area contributed by atoms with E-state index in [1.807, 2.05) is 6.20 Å². The lowest BCUT2D eigenvalue weighted by Gasteiger charge is -2.20. The summed E-state index contributed by atoms with van der Waals surface area (Å²) in [5, 5.41) is 0. The van der Waals surface area contributed by atoms with Crippen LogP contribution in [0.1, 0.15) is 45.7 Å². The second kappa shape index (κ2) is 6.97. The van der Waals surface area contributed by atoms with Gasteiger partial charge in [0.05, 0.1) is 0 Å². The summed E-state index contributed by atoms with van der Waals surface area (Å²) in [5.74, 6) is 0.518. The maximum absolute atomic E-state index is 5.33. The molecule has 0 saturated carbocycles. The number of nitrogens with one attached hydrogen (secondary N) is 1. The Labute approximate surface area is 110 Å². The molecule has 0 spiro atoms. The average molecular weight is 255 g/mol. The first-order valence-electron chi connectivity index (χ1n) is 6.60. The van der Waals surface area contributed by atoms with E-state index in [9.17, 15) is 0 Å². The van der Waals surface area contributed by atoms with E-state index < -0.39 is 0 Å². The number of imidazole rings is 1. The summed E-state index contributed by atoms with van der Waals surface area (Å²) >= 11 is 5.33. The van der Waals surface area contributed by atoms with Crippen LogP contribution < -0.4 is 0 Å². The fraction of sp³-hybridized carbons (Fsp3) is 0.769. The van der Waals surface area contributed by atoms with Crippen molar-refractivity contribution < 1.29 is 0 Å². The van der Waals surface area contributed by atoms with Gasteiger partial charge in [0.1, 0.15) is 0 Å². The predicted octanol–water partition coefficient (Wildman–Crippen LogP) is 3.40. The average Bonchev–Trinajstić information content (AvgIpc) is 2.66. The van der Waals surface area contributed by atoms with Gasteiger partial charge in [0.15, 0.2) is 4.77 Å². The monoisotopic (exact) mass is 255 g/mol. The Morgan fingerprint density at radius 1 is 1.35 bits per heavy atom. The number of hydrogen-bond donors (Lipinski definition) is 1. The first-order chi connectivity index (χ1) is 8.10. The molecule has 1 aromatic rings. The fourth-order valence-corrected chi connectivity index (χ4v) is 2.36. The van der Waals surface area contributed by atoms with Crippen molar-refractivity contribution in [1.82, 2.24) is 14.5 Å². The van der Waals surface area contributed by atoms with Gasteiger partial charge in [-0.15, -0.1) is 0 Å². The van der Waals surface area contributed by atoms with E-state index in [2.05, 4.69) is 42.1 Å². The van der Waals surface area contributed by atoms with Gasteiger partial charge in [0.25, 0.3) is 0 Å². The van der Waals surface area contributed by atoms with E-state index in [-0.39, 0.29) is 0 Å². The normalized spacial score (nSPS) is 11.6. The topological polar surface area (TPSA) is 24.0 Å². The molecule has 0 aromatic carbocycles. The molecule has 0 unspecified atom stereocenters. The zero-order valence-corrected chi connectivity index (χ0v) is 12.3. The zero-order chi connectivity index (χ0) is 12.8. The van der Waals surface area contributed by atoms with Gasteiger partial charge in [0, 0.05) is 25.0 Å². The van der Waals surface area contributed by atoms with Crippen LogP contribution in [0.25, 0.3) is 0 Å². The molecule has 0 aliphatic rings. The van der Waals surface area contributed by atoms with Crippen LogP contribution in [0.4, 0.5) is 0 Å². The van der Waals surface area contributed by atoms with Crippen LogP contribution >= 0.6 is 12.2 Å². The molecule has 0 bridgehead atoms. The first-order valence-corrected chi connectivity index (χ1v) is 7.01. The lowest BCUT2D eigenvalue weighted by molar-refractivity contribution is 0.274. The van der Waals surface area contributed by atoms with Gasteiger partial charge < -0.3 is 14.5 Å².